The SMILES string of the molecule is CCOc1cccc(NC(C)C(C)C)c1[N+](=O)[O-]. The molecule has 100 valence electrons. The highest BCUT2D eigenvalue weighted by Gasteiger charge is 2.22. The number of para-hydroxylation sites is 1. The zero-order valence-corrected chi connectivity index (χ0v) is 11.3. The number of benzene rings is 1. The highest BCUT2D eigenvalue weighted by Crippen LogP contribution is 2.35. The maximum absolute atomic E-state index is 11.2. The summed E-state index contributed by atoms with van der Waals surface area (Å²) in [7, 11) is 0. The first-order valence-electron chi connectivity index (χ1n) is 6.14. The smallest absolute Gasteiger partial charge is 0.333 e. The lowest BCUT2D eigenvalue weighted by molar-refractivity contribution is -0.385. The van der Waals surface area contributed by atoms with Gasteiger partial charge in [0.1, 0.15) is 5.69 Å². The third-order valence-corrected chi connectivity index (χ3v) is 2.86. The molecule has 1 aromatic rings. The van der Waals surface area contributed by atoms with E-state index in [2.05, 4.69) is 19.2 Å². The van der Waals surface area contributed by atoms with E-state index >= 15 is 0 Å². The molecular formula is C13H20N2O3. The van der Waals surface area contributed by atoms with Crippen LogP contribution in [-0.2, 0) is 0 Å². The van der Waals surface area contributed by atoms with Gasteiger partial charge in [0.05, 0.1) is 11.5 Å². The highest BCUT2D eigenvalue weighted by atomic mass is 16.6. The van der Waals surface area contributed by atoms with Crippen molar-refractivity contribution < 1.29 is 9.66 Å². The molecule has 1 unspecified atom stereocenters. The topological polar surface area (TPSA) is 64.4 Å². The standard InChI is InChI=1S/C13H20N2O3/c1-5-18-12-8-6-7-11(13(12)15(16)17)14-10(4)9(2)3/h6-10,14H,5H2,1-4H3. The van der Waals surface area contributed by atoms with Crippen LogP contribution in [0, 0.1) is 16.0 Å². The van der Waals surface area contributed by atoms with Crippen LogP contribution in [0.3, 0.4) is 0 Å². The lowest BCUT2D eigenvalue weighted by Gasteiger charge is -2.19. The molecule has 1 atom stereocenters. The Bertz CT molecular complexity index is 419. The fourth-order valence-electron chi connectivity index (χ4n) is 1.51. The molecule has 18 heavy (non-hydrogen) atoms. The van der Waals surface area contributed by atoms with E-state index in [0.29, 0.717) is 24.0 Å². The van der Waals surface area contributed by atoms with Crippen molar-refractivity contribution in [3.8, 4) is 5.75 Å². The molecule has 1 aromatic carbocycles. The van der Waals surface area contributed by atoms with E-state index in [9.17, 15) is 10.1 Å². The van der Waals surface area contributed by atoms with Gasteiger partial charge in [-0.2, -0.15) is 0 Å². The molecule has 0 fully saturated rings. The maximum atomic E-state index is 11.2. The van der Waals surface area contributed by atoms with E-state index in [0.717, 1.165) is 0 Å². The Hall–Kier alpha value is -1.78. The second-order valence-corrected chi connectivity index (χ2v) is 4.52. The Morgan fingerprint density at radius 1 is 1.39 bits per heavy atom. The van der Waals surface area contributed by atoms with Crippen molar-refractivity contribution in [2.24, 2.45) is 5.92 Å². The van der Waals surface area contributed by atoms with Gasteiger partial charge in [-0.25, -0.2) is 0 Å². The second kappa shape index (κ2) is 6.23. The molecule has 0 aliphatic rings. The zero-order valence-electron chi connectivity index (χ0n) is 11.3. The molecule has 1 rings (SSSR count). The molecule has 5 heteroatoms. The average Bonchev–Trinajstić information content (AvgIpc) is 2.29. The van der Waals surface area contributed by atoms with Gasteiger partial charge in [0.2, 0.25) is 0 Å². The van der Waals surface area contributed by atoms with Crippen LogP contribution in [0.25, 0.3) is 0 Å². The average molecular weight is 252 g/mol. The molecule has 0 amide bonds. The van der Waals surface area contributed by atoms with Crippen molar-refractivity contribution in [1.82, 2.24) is 0 Å². The summed E-state index contributed by atoms with van der Waals surface area (Å²) in [4.78, 5) is 10.8. The van der Waals surface area contributed by atoms with Crippen LogP contribution in [0.4, 0.5) is 11.4 Å². The minimum absolute atomic E-state index is 0.00634. The minimum Gasteiger partial charge on any atom is -0.487 e. The number of hydrogen-bond acceptors (Lipinski definition) is 4. The van der Waals surface area contributed by atoms with E-state index in [1.54, 1.807) is 25.1 Å². The summed E-state index contributed by atoms with van der Waals surface area (Å²) in [6, 6.07) is 5.24. The Morgan fingerprint density at radius 3 is 2.56 bits per heavy atom. The predicted molar refractivity (Wildman–Crippen MR) is 72.2 cm³/mol. The second-order valence-electron chi connectivity index (χ2n) is 4.52. The first-order valence-corrected chi connectivity index (χ1v) is 6.14. The van der Waals surface area contributed by atoms with Gasteiger partial charge in [-0.3, -0.25) is 10.1 Å². The van der Waals surface area contributed by atoms with Crippen LogP contribution >= 0.6 is 0 Å². The fourth-order valence-corrected chi connectivity index (χ4v) is 1.51. The van der Waals surface area contributed by atoms with Gasteiger partial charge in [0, 0.05) is 6.04 Å². The van der Waals surface area contributed by atoms with Crippen LogP contribution in [-0.4, -0.2) is 17.6 Å². The quantitative estimate of drug-likeness (QED) is 0.622. The van der Waals surface area contributed by atoms with Gasteiger partial charge in [-0.05, 0) is 31.9 Å². The number of hydrogen-bond donors (Lipinski definition) is 1. The lowest BCUT2D eigenvalue weighted by atomic mass is 10.1. The third kappa shape index (κ3) is 3.35. The molecule has 0 spiro atoms. The molecular weight excluding hydrogens is 232 g/mol. The van der Waals surface area contributed by atoms with Gasteiger partial charge in [-0.15, -0.1) is 0 Å². The molecule has 0 radical (unpaired) electrons. The first-order chi connectivity index (χ1) is 8.47. The monoisotopic (exact) mass is 252 g/mol. The zero-order chi connectivity index (χ0) is 13.7. The Labute approximate surface area is 107 Å². The Kier molecular flexibility index (Phi) is 4.95. The number of rotatable bonds is 6. The van der Waals surface area contributed by atoms with Crippen molar-refractivity contribution in [2.75, 3.05) is 11.9 Å². The van der Waals surface area contributed by atoms with Crippen molar-refractivity contribution >= 4 is 11.4 Å². The number of nitro benzene ring substituents is 1. The summed E-state index contributed by atoms with van der Waals surface area (Å²) in [6.45, 7) is 8.35. The van der Waals surface area contributed by atoms with E-state index < -0.39 is 4.92 Å². The van der Waals surface area contributed by atoms with Crippen molar-refractivity contribution in [3.05, 3.63) is 28.3 Å². The molecule has 0 aliphatic carbocycles. The van der Waals surface area contributed by atoms with Gasteiger partial charge < -0.3 is 10.1 Å². The molecule has 0 saturated carbocycles. The van der Waals surface area contributed by atoms with Gasteiger partial charge >= 0.3 is 5.69 Å². The fraction of sp³-hybridized carbons (Fsp3) is 0.538. The largest absolute Gasteiger partial charge is 0.487 e. The van der Waals surface area contributed by atoms with Crippen LogP contribution in [0.1, 0.15) is 27.7 Å². The summed E-state index contributed by atoms with van der Waals surface area (Å²) >= 11 is 0. The molecule has 0 saturated heterocycles. The van der Waals surface area contributed by atoms with Crippen molar-refractivity contribution in [3.63, 3.8) is 0 Å². The van der Waals surface area contributed by atoms with Crippen LogP contribution in [0.5, 0.6) is 5.75 Å². The van der Waals surface area contributed by atoms with E-state index in [-0.39, 0.29) is 11.7 Å². The van der Waals surface area contributed by atoms with Gasteiger partial charge in [0.15, 0.2) is 5.75 Å². The number of ether oxygens (including phenoxy) is 1. The van der Waals surface area contributed by atoms with Crippen LogP contribution in [0.2, 0.25) is 0 Å². The molecule has 0 bridgehead atoms. The Morgan fingerprint density at radius 2 is 2.06 bits per heavy atom. The third-order valence-electron chi connectivity index (χ3n) is 2.86. The van der Waals surface area contributed by atoms with Crippen molar-refractivity contribution in [1.29, 1.82) is 0 Å². The predicted octanol–water partition coefficient (Wildman–Crippen LogP) is 3.45. The number of nitrogens with zero attached hydrogens (tertiary/aromatic N) is 1. The van der Waals surface area contributed by atoms with Crippen LogP contribution in [0.15, 0.2) is 18.2 Å². The normalized spacial score (nSPS) is 12.3. The number of nitro groups is 1. The summed E-state index contributed by atoms with van der Waals surface area (Å²) in [5.41, 5.74) is 0.513. The highest BCUT2D eigenvalue weighted by molar-refractivity contribution is 5.68. The molecule has 1 N–H and O–H groups in total. The molecule has 0 aromatic heterocycles. The Balaban J connectivity index is 3.10. The van der Waals surface area contributed by atoms with Gasteiger partial charge in [-0.1, -0.05) is 19.9 Å². The lowest BCUT2D eigenvalue weighted by Crippen LogP contribution is -2.22. The van der Waals surface area contributed by atoms with E-state index in [1.807, 2.05) is 6.92 Å². The van der Waals surface area contributed by atoms with Crippen molar-refractivity contribution in [2.45, 2.75) is 33.7 Å². The van der Waals surface area contributed by atoms with Crippen LogP contribution < -0.4 is 10.1 Å². The number of anilines is 1. The summed E-state index contributed by atoms with van der Waals surface area (Å²) < 4.78 is 5.30. The summed E-state index contributed by atoms with van der Waals surface area (Å²) in [6.07, 6.45) is 0. The van der Waals surface area contributed by atoms with E-state index in [1.165, 1.54) is 0 Å². The summed E-state index contributed by atoms with van der Waals surface area (Å²) in [5, 5.41) is 14.3. The number of nitrogens with one attached hydrogen (secondary N) is 1. The summed E-state index contributed by atoms with van der Waals surface area (Å²) in [5.74, 6) is 0.698. The molecule has 0 heterocycles. The maximum Gasteiger partial charge on any atom is 0.333 e. The van der Waals surface area contributed by atoms with E-state index in [4.69, 9.17) is 4.74 Å². The first kappa shape index (κ1) is 14.3. The molecule has 5 nitrogen and oxygen atoms in total. The minimum atomic E-state index is -0.402. The van der Waals surface area contributed by atoms with Gasteiger partial charge in [0.25, 0.3) is 0 Å². The molecule has 0 aliphatic heterocycles.